The second-order valence-electron chi connectivity index (χ2n) is 2.56. The Bertz CT molecular complexity index is 404. The van der Waals surface area contributed by atoms with Gasteiger partial charge in [0.05, 0.1) is 11.3 Å². The molecule has 14 heavy (non-hydrogen) atoms. The van der Waals surface area contributed by atoms with Crippen molar-refractivity contribution in [3.63, 3.8) is 0 Å². The molecule has 0 bridgehead atoms. The molecule has 1 rings (SSSR count). The van der Waals surface area contributed by atoms with E-state index < -0.39 is 5.91 Å². The number of nitrogens with one attached hydrogen (secondary N) is 1. The number of nitrogens with two attached hydrogens (primary N) is 2. The van der Waals surface area contributed by atoms with Crippen LogP contribution in [0.25, 0.3) is 0 Å². The van der Waals surface area contributed by atoms with Gasteiger partial charge in [0.1, 0.15) is 15.9 Å². The third kappa shape index (κ3) is 1.63. The van der Waals surface area contributed by atoms with Crippen LogP contribution < -0.4 is 16.8 Å². The van der Waals surface area contributed by atoms with E-state index >= 15 is 0 Å². The van der Waals surface area contributed by atoms with E-state index in [2.05, 4.69) is 5.32 Å². The lowest BCUT2D eigenvalue weighted by Crippen LogP contribution is -2.14. The summed E-state index contributed by atoms with van der Waals surface area (Å²) in [5, 5.41) is 12.2. The van der Waals surface area contributed by atoms with Gasteiger partial charge in [-0.25, -0.2) is 0 Å². The summed E-state index contributed by atoms with van der Waals surface area (Å²) in [5.41, 5.74) is 11.1. The highest BCUT2D eigenvalue weighted by atomic mass is 32.1. The number of primary amides is 1. The molecule has 74 valence electrons. The molecule has 0 unspecified atom stereocenters. The monoisotopic (exact) mass is 210 g/mol. The summed E-state index contributed by atoms with van der Waals surface area (Å²) in [6.07, 6.45) is 0. The van der Waals surface area contributed by atoms with Crippen LogP contribution in [0.4, 0.5) is 10.7 Å². The predicted molar refractivity (Wildman–Crippen MR) is 56.1 cm³/mol. The fourth-order valence-electron chi connectivity index (χ4n) is 1.06. The van der Waals surface area contributed by atoms with Crippen LogP contribution in [-0.4, -0.2) is 12.5 Å². The first-order valence-corrected chi connectivity index (χ1v) is 4.79. The van der Waals surface area contributed by atoms with Crippen molar-refractivity contribution in [3.8, 4) is 6.07 Å². The first kappa shape index (κ1) is 10.3. The second-order valence-corrected chi connectivity index (χ2v) is 3.58. The summed E-state index contributed by atoms with van der Waals surface area (Å²) in [7, 11) is 0. The van der Waals surface area contributed by atoms with Crippen molar-refractivity contribution in [2.24, 2.45) is 5.73 Å². The maximum absolute atomic E-state index is 11.0. The van der Waals surface area contributed by atoms with Crippen LogP contribution in [0.5, 0.6) is 0 Å². The van der Waals surface area contributed by atoms with E-state index in [-0.39, 0.29) is 11.3 Å². The van der Waals surface area contributed by atoms with Crippen LogP contribution >= 0.6 is 11.3 Å². The number of nitrogen functional groups attached to an aromatic ring is 1. The quantitative estimate of drug-likeness (QED) is 0.684. The molecule has 5 nitrogen and oxygen atoms in total. The minimum absolute atomic E-state index is 0.168. The lowest BCUT2D eigenvalue weighted by Gasteiger charge is -2.01. The molecule has 1 heterocycles. The SMILES string of the molecule is CCNc1sc(C#N)c(N)c1C(N)=O. The van der Waals surface area contributed by atoms with Gasteiger partial charge in [-0.15, -0.1) is 11.3 Å². The number of carbonyl (C=O) groups is 1. The topological polar surface area (TPSA) is 105 Å². The summed E-state index contributed by atoms with van der Waals surface area (Å²) < 4.78 is 0. The molecule has 1 aromatic rings. The Kier molecular flexibility index (Phi) is 2.94. The van der Waals surface area contributed by atoms with Gasteiger partial charge in [0, 0.05) is 6.54 Å². The van der Waals surface area contributed by atoms with Crippen LogP contribution in [0.2, 0.25) is 0 Å². The molecule has 0 radical (unpaired) electrons. The van der Waals surface area contributed by atoms with Gasteiger partial charge >= 0.3 is 0 Å². The van der Waals surface area contributed by atoms with Gasteiger partial charge in [-0.05, 0) is 6.92 Å². The standard InChI is InChI=1S/C8H10N4OS/c1-2-12-8-5(7(11)13)6(10)4(3-9)14-8/h12H,2,10H2,1H3,(H2,11,13). The molecule has 0 aromatic carbocycles. The zero-order valence-electron chi connectivity index (χ0n) is 7.63. The molecular formula is C8H10N4OS. The van der Waals surface area contributed by atoms with Crippen molar-refractivity contribution < 1.29 is 4.79 Å². The Hall–Kier alpha value is -1.74. The summed E-state index contributed by atoms with van der Waals surface area (Å²) in [5.74, 6) is -0.615. The normalized spacial score (nSPS) is 9.43. The molecule has 0 atom stereocenters. The molecule has 0 fully saturated rings. The first-order chi connectivity index (χ1) is 6.61. The first-order valence-electron chi connectivity index (χ1n) is 3.97. The number of hydrogen-bond donors (Lipinski definition) is 3. The van der Waals surface area contributed by atoms with E-state index in [9.17, 15) is 4.79 Å². The second kappa shape index (κ2) is 3.98. The minimum Gasteiger partial charge on any atom is -0.396 e. The average Bonchev–Trinajstić information content (AvgIpc) is 2.43. The zero-order valence-corrected chi connectivity index (χ0v) is 8.44. The highest BCUT2D eigenvalue weighted by Crippen LogP contribution is 2.34. The maximum atomic E-state index is 11.0. The highest BCUT2D eigenvalue weighted by Gasteiger charge is 2.19. The molecule has 0 saturated carbocycles. The maximum Gasteiger partial charge on any atom is 0.253 e. The number of rotatable bonds is 3. The average molecular weight is 210 g/mol. The molecule has 5 N–H and O–H groups in total. The van der Waals surface area contributed by atoms with Crippen molar-refractivity contribution >= 4 is 27.9 Å². The van der Waals surface area contributed by atoms with Gasteiger partial charge in [0.15, 0.2) is 0 Å². The van der Waals surface area contributed by atoms with E-state index in [1.54, 1.807) is 0 Å². The van der Waals surface area contributed by atoms with Crippen molar-refractivity contribution in [2.45, 2.75) is 6.92 Å². The van der Waals surface area contributed by atoms with Gasteiger partial charge in [-0.2, -0.15) is 5.26 Å². The molecule has 0 saturated heterocycles. The van der Waals surface area contributed by atoms with Gasteiger partial charge in [0.25, 0.3) is 5.91 Å². The van der Waals surface area contributed by atoms with Gasteiger partial charge < -0.3 is 16.8 Å². The highest BCUT2D eigenvalue weighted by molar-refractivity contribution is 7.17. The van der Waals surface area contributed by atoms with E-state index in [0.29, 0.717) is 16.4 Å². The summed E-state index contributed by atoms with van der Waals surface area (Å²) in [4.78, 5) is 11.4. The van der Waals surface area contributed by atoms with E-state index in [0.717, 1.165) is 11.3 Å². The fourth-order valence-corrected chi connectivity index (χ4v) is 2.05. The van der Waals surface area contributed by atoms with Crippen molar-refractivity contribution in [3.05, 3.63) is 10.4 Å². The van der Waals surface area contributed by atoms with Crippen molar-refractivity contribution in [2.75, 3.05) is 17.6 Å². The number of carbonyl (C=O) groups excluding carboxylic acids is 1. The Morgan fingerprint density at radius 1 is 1.71 bits per heavy atom. The molecule has 1 amide bonds. The zero-order chi connectivity index (χ0) is 10.7. The Balaban J connectivity index is 3.29. The van der Waals surface area contributed by atoms with Crippen LogP contribution in [-0.2, 0) is 0 Å². The Morgan fingerprint density at radius 3 is 2.79 bits per heavy atom. The predicted octanol–water partition coefficient (Wildman–Crippen LogP) is 0.733. The van der Waals surface area contributed by atoms with E-state index in [4.69, 9.17) is 16.7 Å². The summed E-state index contributed by atoms with van der Waals surface area (Å²) in [6, 6.07) is 1.92. The van der Waals surface area contributed by atoms with Crippen molar-refractivity contribution in [1.82, 2.24) is 0 Å². The lowest BCUT2D eigenvalue weighted by atomic mass is 10.2. The van der Waals surface area contributed by atoms with Crippen LogP contribution in [0.15, 0.2) is 0 Å². The smallest absolute Gasteiger partial charge is 0.253 e. The minimum atomic E-state index is -0.615. The number of hydrogen-bond acceptors (Lipinski definition) is 5. The number of nitrogens with zero attached hydrogens (tertiary/aromatic N) is 1. The Morgan fingerprint density at radius 2 is 2.36 bits per heavy atom. The van der Waals surface area contributed by atoms with Gasteiger partial charge in [-0.3, -0.25) is 4.79 Å². The number of thiophene rings is 1. The molecule has 0 spiro atoms. The Labute approximate surface area is 85.3 Å². The summed E-state index contributed by atoms with van der Waals surface area (Å²) in [6.45, 7) is 2.53. The van der Waals surface area contributed by atoms with Crippen molar-refractivity contribution in [1.29, 1.82) is 5.26 Å². The number of amides is 1. The molecular weight excluding hydrogens is 200 g/mol. The largest absolute Gasteiger partial charge is 0.396 e. The molecule has 0 aliphatic rings. The fraction of sp³-hybridized carbons (Fsp3) is 0.250. The van der Waals surface area contributed by atoms with Gasteiger partial charge in [-0.1, -0.05) is 0 Å². The van der Waals surface area contributed by atoms with E-state index in [1.807, 2.05) is 13.0 Å². The number of nitriles is 1. The third-order valence-corrected chi connectivity index (χ3v) is 2.70. The molecule has 0 aliphatic carbocycles. The third-order valence-electron chi connectivity index (χ3n) is 1.63. The molecule has 0 aliphatic heterocycles. The summed E-state index contributed by atoms with van der Waals surface area (Å²) >= 11 is 1.14. The molecule has 1 aromatic heterocycles. The van der Waals surface area contributed by atoms with Gasteiger partial charge in [0.2, 0.25) is 0 Å². The lowest BCUT2D eigenvalue weighted by molar-refractivity contribution is 0.100. The van der Waals surface area contributed by atoms with Crippen LogP contribution in [0.1, 0.15) is 22.2 Å². The van der Waals surface area contributed by atoms with E-state index in [1.165, 1.54) is 0 Å². The number of anilines is 2. The molecule has 6 heteroatoms. The van der Waals surface area contributed by atoms with Crippen LogP contribution in [0, 0.1) is 11.3 Å². The van der Waals surface area contributed by atoms with Crippen LogP contribution in [0.3, 0.4) is 0 Å².